The Morgan fingerprint density at radius 1 is 1.42 bits per heavy atom. The van der Waals surface area contributed by atoms with Gasteiger partial charge in [-0.3, -0.25) is 9.69 Å². The third kappa shape index (κ3) is 3.72. The van der Waals surface area contributed by atoms with Crippen LogP contribution in [0, 0.1) is 0 Å². The van der Waals surface area contributed by atoms with E-state index in [-0.39, 0.29) is 12.0 Å². The van der Waals surface area contributed by atoms with E-state index in [4.69, 9.17) is 4.74 Å². The topological polar surface area (TPSA) is 29.5 Å². The minimum atomic E-state index is -0.107. The molecule has 0 rings (SSSR count). The van der Waals surface area contributed by atoms with Crippen LogP contribution < -0.4 is 0 Å². The van der Waals surface area contributed by atoms with Crippen molar-refractivity contribution in [2.75, 3.05) is 20.7 Å². The van der Waals surface area contributed by atoms with Crippen molar-refractivity contribution in [3.8, 4) is 0 Å². The molecule has 0 N–H and O–H groups in total. The first-order valence-electron chi connectivity index (χ1n) is 4.46. The highest BCUT2D eigenvalue weighted by atomic mass is 16.5. The van der Waals surface area contributed by atoms with Crippen LogP contribution >= 0.6 is 0 Å². The van der Waals surface area contributed by atoms with E-state index in [2.05, 4.69) is 6.92 Å². The van der Waals surface area contributed by atoms with E-state index in [1.54, 1.807) is 0 Å². The fraction of sp³-hybridized carbons (Fsp3) is 0.889. The molecule has 1 unspecified atom stereocenters. The standard InChI is InChI=1S/C9H19NO2/c1-5-7-8(10(3)4)9(11)12-6-2/h8H,5-7H2,1-4H3. The number of esters is 1. The molecule has 0 aromatic heterocycles. The van der Waals surface area contributed by atoms with Crippen LogP contribution in [0.2, 0.25) is 0 Å². The number of carbonyl (C=O) groups is 1. The van der Waals surface area contributed by atoms with Crippen molar-refractivity contribution in [1.82, 2.24) is 4.90 Å². The molecular weight excluding hydrogens is 154 g/mol. The van der Waals surface area contributed by atoms with Crippen LogP contribution in [0.25, 0.3) is 0 Å². The van der Waals surface area contributed by atoms with Crippen molar-refractivity contribution < 1.29 is 9.53 Å². The Labute approximate surface area is 74.7 Å². The van der Waals surface area contributed by atoms with Crippen LogP contribution in [0.4, 0.5) is 0 Å². The van der Waals surface area contributed by atoms with Gasteiger partial charge in [-0.25, -0.2) is 0 Å². The van der Waals surface area contributed by atoms with E-state index in [0.29, 0.717) is 6.61 Å². The van der Waals surface area contributed by atoms with E-state index in [0.717, 1.165) is 12.8 Å². The molecule has 0 aromatic carbocycles. The highest BCUT2D eigenvalue weighted by Crippen LogP contribution is 2.04. The molecule has 0 aliphatic rings. The van der Waals surface area contributed by atoms with Gasteiger partial charge in [0.25, 0.3) is 0 Å². The lowest BCUT2D eigenvalue weighted by Gasteiger charge is -2.21. The molecule has 0 heterocycles. The maximum absolute atomic E-state index is 11.3. The fourth-order valence-electron chi connectivity index (χ4n) is 1.10. The van der Waals surface area contributed by atoms with Crippen molar-refractivity contribution in [3.63, 3.8) is 0 Å². The average Bonchev–Trinajstić information content (AvgIpc) is 1.99. The zero-order valence-corrected chi connectivity index (χ0v) is 8.46. The van der Waals surface area contributed by atoms with Gasteiger partial charge in [0.15, 0.2) is 0 Å². The minimum Gasteiger partial charge on any atom is -0.465 e. The minimum absolute atomic E-state index is 0.0741. The molecule has 3 nitrogen and oxygen atoms in total. The summed E-state index contributed by atoms with van der Waals surface area (Å²) in [6.07, 6.45) is 1.87. The second-order valence-corrected chi connectivity index (χ2v) is 3.02. The number of rotatable bonds is 5. The first-order chi connectivity index (χ1) is 5.63. The molecule has 0 aromatic rings. The first kappa shape index (κ1) is 11.4. The van der Waals surface area contributed by atoms with Crippen LogP contribution in [-0.4, -0.2) is 37.6 Å². The van der Waals surface area contributed by atoms with Gasteiger partial charge in [-0.15, -0.1) is 0 Å². The molecule has 0 bridgehead atoms. The Bertz CT molecular complexity index is 134. The van der Waals surface area contributed by atoms with Gasteiger partial charge in [0.2, 0.25) is 0 Å². The van der Waals surface area contributed by atoms with Crippen molar-refractivity contribution in [3.05, 3.63) is 0 Å². The number of likely N-dealkylation sites (N-methyl/N-ethyl adjacent to an activating group) is 1. The molecule has 72 valence electrons. The van der Waals surface area contributed by atoms with Crippen LogP contribution in [0.1, 0.15) is 26.7 Å². The van der Waals surface area contributed by atoms with Crippen molar-refractivity contribution in [2.24, 2.45) is 0 Å². The average molecular weight is 173 g/mol. The second-order valence-electron chi connectivity index (χ2n) is 3.02. The second kappa shape index (κ2) is 6.00. The van der Waals surface area contributed by atoms with Gasteiger partial charge in [0.05, 0.1) is 6.61 Å². The lowest BCUT2D eigenvalue weighted by Crippen LogP contribution is -2.36. The number of hydrogen-bond acceptors (Lipinski definition) is 3. The highest BCUT2D eigenvalue weighted by Gasteiger charge is 2.20. The molecule has 0 saturated carbocycles. The van der Waals surface area contributed by atoms with Crippen molar-refractivity contribution in [2.45, 2.75) is 32.7 Å². The Morgan fingerprint density at radius 3 is 2.33 bits per heavy atom. The van der Waals surface area contributed by atoms with Gasteiger partial charge in [-0.2, -0.15) is 0 Å². The molecule has 3 heteroatoms. The number of nitrogens with zero attached hydrogens (tertiary/aromatic N) is 1. The monoisotopic (exact) mass is 173 g/mol. The smallest absolute Gasteiger partial charge is 0.323 e. The molecule has 0 amide bonds. The van der Waals surface area contributed by atoms with Gasteiger partial charge >= 0.3 is 5.97 Å². The van der Waals surface area contributed by atoms with Crippen LogP contribution in [0.5, 0.6) is 0 Å². The van der Waals surface area contributed by atoms with E-state index >= 15 is 0 Å². The van der Waals surface area contributed by atoms with Gasteiger partial charge in [-0.1, -0.05) is 13.3 Å². The lowest BCUT2D eigenvalue weighted by atomic mass is 10.1. The molecule has 0 radical (unpaired) electrons. The van der Waals surface area contributed by atoms with Crippen LogP contribution in [0.3, 0.4) is 0 Å². The zero-order chi connectivity index (χ0) is 9.56. The van der Waals surface area contributed by atoms with Crippen LogP contribution in [0.15, 0.2) is 0 Å². The quantitative estimate of drug-likeness (QED) is 0.586. The van der Waals surface area contributed by atoms with E-state index in [1.807, 2.05) is 25.9 Å². The maximum Gasteiger partial charge on any atom is 0.323 e. The fourth-order valence-corrected chi connectivity index (χ4v) is 1.10. The van der Waals surface area contributed by atoms with Gasteiger partial charge in [0.1, 0.15) is 6.04 Å². The Balaban J connectivity index is 4.00. The summed E-state index contributed by atoms with van der Waals surface area (Å²) in [5, 5.41) is 0. The van der Waals surface area contributed by atoms with Gasteiger partial charge in [-0.05, 0) is 27.4 Å². The van der Waals surface area contributed by atoms with Crippen molar-refractivity contribution >= 4 is 5.97 Å². The maximum atomic E-state index is 11.3. The number of ether oxygens (including phenoxy) is 1. The summed E-state index contributed by atoms with van der Waals surface area (Å²) in [5.74, 6) is -0.107. The molecule has 0 spiro atoms. The van der Waals surface area contributed by atoms with E-state index in [9.17, 15) is 4.79 Å². The van der Waals surface area contributed by atoms with Crippen LogP contribution in [-0.2, 0) is 9.53 Å². The summed E-state index contributed by atoms with van der Waals surface area (Å²) in [6, 6.07) is -0.0741. The zero-order valence-electron chi connectivity index (χ0n) is 8.46. The summed E-state index contributed by atoms with van der Waals surface area (Å²) in [7, 11) is 3.80. The Morgan fingerprint density at radius 2 is 2.00 bits per heavy atom. The number of carbonyl (C=O) groups excluding carboxylic acids is 1. The predicted molar refractivity (Wildman–Crippen MR) is 49.0 cm³/mol. The predicted octanol–water partition coefficient (Wildman–Crippen LogP) is 1.28. The highest BCUT2D eigenvalue weighted by molar-refractivity contribution is 5.75. The van der Waals surface area contributed by atoms with E-state index < -0.39 is 0 Å². The molecular formula is C9H19NO2. The van der Waals surface area contributed by atoms with Gasteiger partial charge in [0, 0.05) is 0 Å². The third-order valence-corrected chi connectivity index (χ3v) is 1.74. The molecule has 0 aliphatic carbocycles. The number of hydrogen-bond donors (Lipinski definition) is 0. The van der Waals surface area contributed by atoms with Gasteiger partial charge < -0.3 is 4.74 Å². The summed E-state index contributed by atoms with van der Waals surface area (Å²) >= 11 is 0. The summed E-state index contributed by atoms with van der Waals surface area (Å²) in [6.45, 7) is 4.36. The summed E-state index contributed by atoms with van der Waals surface area (Å²) < 4.78 is 4.94. The lowest BCUT2D eigenvalue weighted by molar-refractivity contribution is -0.148. The van der Waals surface area contributed by atoms with E-state index in [1.165, 1.54) is 0 Å². The normalized spacial score (nSPS) is 13.1. The Kier molecular flexibility index (Phi) is 5.72. The third-order valence-electron chi connectivity index (χ3n) is 1.74. The molecule has 0 aliphatic heterocycles. The first-order valence-corrected chi connectivity index (χ1v) is 4.46. The largest absolute Gasteiger partial charge is 0.465 e. The van der Waals surface area contributed by atoms with Crippen molar-refractivity contribution in [1.29, 1.82) is 0 Å². The molecule has 1 atom stereocenters. The Hall–Kier alpha value is -0.570. The summed E-state index contributed by atoms with van der Waals surface area (Å²) in [5.41, 5.74) is 0. The molecule has 0 fully saturated rings. The molecule has 0 saturated heterocycles. The summed E-state index contributed by atoms with van der Waals surface area (Å²) in [4.78, 5) is 13.2. The molecule has 12 heavy (non-hydrogen) atoms. The SMILES string of the molecule is CCCC(C(=O)OCC)N(C)C.